The van der Waals surface area contributed by atoms with Crippen LogP contribution in [0.15, 0.2) is 41.6 Å². The molecule has 0 radical (unpaired) electrons. The Morgan fingerprint density at radius 2 is 1.84 bits per heavy atom. The number of nitrogens with one attached hydrogen (secondary N) is 1. The van der Waals surface area contributed by atoms with Gasteiger partial charge >= 0.3 is 0 Å². The number of hydrogen-bond acceptors (Lipinski definition) is 5. The summed E-state index contributed by atoms with van der Waals surface area (Å²) in [5.74, 6) is -0.975. The van der Waals surface area contributed by atoms with Gasteiger partial charge < -0.3 is 0 Å². The van der Waals surface area contributed by atoms with E-state index in [1.165, 1.54) is 12.3 Å². The predicted molar refractivity (Wildman–Crippen MR) is 94.1 cm³/mol. The minimum Gasteiger partial charge on any atom is -0.294 e. The second-order valence-electron chi connectivity index (χ2n) is 5.61. The summed E-state index contributed by atoms with van der Waals surface area (Å²) in [6.07, 6.45) is 2.05. The van der Waals surface area contributed by atoms with Crippen LogP contribution in [-0.4, -0.2) is 25.1 Å². The fourth-order valence-corrected chi connectivity index (χ4v) is 3.44. The van der Waals surface area contributed by atoms with Crippen molar-refractivity contribution in [1.82, 2.24) is 9.71 Å². The first kappa shape index (κ1) is 19.1. The van der Waals surface area contributed by atoms with E-state index in [2.05, 4.69) is 4.98 Å². The predicted octanol–water partition coefficient (Wildman–Crippen LogP) is 2.82. The SMILES string of the molecule is Cc1ccc(C)c(C(=O)CCC(=O)NS(=O)(=O)c2cncc(Cl)c2)c1. The van der Waals surface area contributed by atoms with Crippen molar-refractivity contribution >= 4 is 33.3 Å². The van der Waals surface area contributed by atoms with Crippen LogP contribution in [0.3, 0.4) is 0 Å². The number of pyridine rings is 1. The van der Waals surface area contributed by atoms with Gasteiger partial charge in [-0.15, -0.1) is 0 Å². The minimum atomic E-state index is -4.07. The van der Waals surface area contributed by atoms with E-state index in [9.17, 15) is 18.0 Å². The van der Waals surface area contributed by atoms with E-state index >= 15 is 0 Å². The molecule has 0 spiro atoms. The second kappa shape index (κ2) is 7.76. The summed E-state index contributed by atoms with van der Waals surface area (Å²) in [6, 6.07) is 6.67. The molecule has 6 nitrogen and oxygen atoms in total. The van der Waals surface area contributed by atoms with Gasteiger partial charge in [0.15, 0.2) is 5.78 Å². The molecule has 1 N–H and O–H groups in total. The Morgan fingerprint density at radius 1 is 1.12 bits per heavy atom. The lowest BCUT2D eigenvalue weighted by Gasteiger charge is -2.08. The number of rotatable bonds is 6. The molecule has 0 aliphatic carbocycles. The van der Waals surface area contributed by atoms with Crippen LogP contribution in [0.4, 0.5) is 0 Å². The number of hydrogen-bond donors (Lipinski definition) is 1. The molecular formula is C17H17ClN2O4S. The number of nitrogens with zero attached hydrogens (tertiary/aromatic N) is 1. The zero-order valence-electron chi connectivity index (χ0n) is 13.7. The molecule has 8 heteroatoms. The summed E-state index contributed by atoms with van der Waals surface area (Å²) in [5.41, 5.74) is 2.29. The quantitative estimate of drug-likeness (QED) is 0.778. The number of amides is 1. The Morgan fingerprint density at radius 3 is 2.52 bits per heavy atom. The first-order valence-corrected chi connectivity index (χ1v) is 9.32. The van der Waals surface area contributed by atoms with Crippen LogP contribution in [-0.2, 0) is 14.8 Å². The molecular weight excluding hydrogens is 364 g/mol. The summed E-state index contributed by atoms with van der Waals surface area (Å²) in [7, 11) is -4.07. The molecule has 1 amide bonds. The third-order valence-electron chi connectivity index (χ3n) is 3.51. The van der Waals surface area contributed by atoms with Crippen molar-refractivity contribution in [2.24, 2.45) is 0 Å². The molecule has 0 fully saturated rings. The van der Waals surface area contributed by atoms with Crippen molar-refractivity contribution in [3.8, 4) is 0 Å². The van der Waals surface area contributed by atoms with Crippen molar-refractivity contribution in [1.29, 1.82) is 0 Å². The highest BCUT2D eigenvalue weighted by atomic mass is 35.5. The van der Waals surface area contributed by atoms with Crippen molar-refractivity contribution in [2.45, 2.75) is 31.6 Å². The molecule has 25 heavy (non-hydrogen) atoms. The number of benzene rings is 1. The summed E-state index contributed by atoms with van der Waals surface area (Å²) in [5, 5.41) is 0.139. The molecule has 0 aliphatic heterocycles. The van der Waals surface area contributed by atoms with Gasteiger partial charge in [0.2, 0.25) is 5.91 Å². The topological polar surface area (TPSA) is 93.2 Å². The highest BCUT2D eigenvalue weighted by molar-refractivity contribution is 7.90. The van der Waals surface area contributed by atoms with Gasteiger partial charge in [0, 0.05) is 30.8 Å². The molecule has 0 saturated heterocycles. The molecule has 1 aromatic carbocycles. The number of Topliss-reactive ketones (excluding diaryl/α,β-unsaturated/α-hetero) is 1. The molecule has 0 aliphatic rings. The number of aryl methyl sites for hydroxylation is 2. The maximum Gasteiger partial charge on any atom is 0.265 e. The van der Waals surface area contributed by atoms with E-state index in [1.54, 1.807) is 6.07 Å². The fourth-order valence-electron chi connectivity index (χ4n) is 2.20. The molecule has 0 saturated carbocycles. The van der Waals surface area contributed by atoms with Gasteiger partial charge in [-0.3, -0.25) is 14.6 Å². The van der Waals surface area contributed by atoms with E-state index in [0.717, 1.165) is 17.3 Å². The van der Waals surface area contributed by atoms with Crippen LogP contribution in [0.25, 0.3) is 0 Å². The smallest absolute Gasteiger partial charge is 0.265 e. The average molecular weight is 381 g/mol. The van der Waals surface area contributed by atoms with E-state index in [0.29, 0.717) is 5.56 Å². The number of halogens is 1. The second-order valence-corrected chi connectivity index (χ2v) is 7.73. The van der Waals surface area contributed by atoms with Crippen LogP contribution in [0.5, 0.6) is 0 Å². The third-order valence-corrected chi connectivity index (χ3v) is 5.06. The fraction of sp³-hybridized carbons (Fsp3) is 0.235. The summed E-state index contributed by atoms with van der Waals surface area (Å²) in [4.78, 5) is 27.6. The van der Waals surface area contributed by atoms with Gasteiger partial charge in [-0.2, -0.15) is 0 Å². The van der Waals surface area contributed by atoms with Crippen molar-refractivity contribution in [3.63, 3.8) is 0 Å². The van der Waals surface area contributed by atoms with Gasteiger partial charge in [-0.1, -0.05) is 29.3 Å². The van der Waals surface area contributed by atoms with Crippen LogP contribution in [0.1, 0.15) is 34.3 Å². The minimum absolute atomic E-state index is 0.0839. The zero-order valence-corrected chi connectivity index (χ0v) is 15.3. The Balaban J connectivity index is 2.01. The lowest BCUT2D eigenvalue weighted by molar-refractivity contribution is -0.119. The van der Waals surface area contributed by atoms with E-state index in [1.807, 2.05) is 30.7 Å². The van der Waals surface area contributed by atoms with Crippen LogP contribution < -0.4 is 4.72 Å². The zero-order chi connectivity index (χ0) is 18.6. The number of aromatic nitrogens is 1. The Bertz CT molecular complexity index is 926. The summed E-state index contributed by atoms with van der Waals surface area (Å²) >= 11 is 5.70. The average Bonchev–Trinajstić information content (AvgIpc) is 2.54. The maximum absolute atomic E-state index is 12.2. The normalized spacial score (nSPS) is 11.2. The Hall–Kier alpha value is -2.25. The van der Waals surface area contributed by atoms with Crippen LogP contribution in [0.2, 0.25) is 5.02 Å². The van der Waals surface area contributed by atoms with E-state index in [4.69, 9.17) is 11.6 Å². The summed E-state index contributed by atoms with van der Waals surface area (Å²) < 4.78 is 26.1. The lowest BCUT2D eigenvalue weighted by atomic mass is 9.99. The summed E-state index contributed by atoms with van der Waals surface area (Å²) in [6.45, 7) is 3.68. The molecule has 0 bridgehead atoms. The van der Waals surface area contributed by atoms with Gasteiger partial charge in [-0.25, -0.2) is 13.1 Å². The van der Waals surface area contributed by atoms with E-state index < -0.39 is 15.9 Å². The van der Waals surface area contributed by atoms with Gasteiger partial charge in [-0.05, 0) is 31.5 Å². The van der Waals surface area contributed by atoms with Gasteiger partial charge in [0.1, 0.15) is 4.90 Å². The Labute approximate surface area is 151 Å². The van der Waals surface area contributed by atoms with Crippen molar-refractivity contribution in [2.75, 3.05) is 0 Å². The van der Waals surface area contributed by atoms with Crippen LogP contribution in [0, 0.1) is 13.8 Å². The van der Waals surface area contributed by atoms with E-state index in [-0.39, 0.29) is 28.5 Å². The molecule has 1 aromatic heterocycles. The van der Waals surface area contributed by atoms with Crippen LogP contribution >= 0.6 is 11.6 Å². The largest absolute Gasteiger partial charge is 0.294 e. The van der Waals surface area contributed by atoms with Crippen molar-refractivity contribution < 1.29 is 18.0 Å². The van der Waals surface area contributed by atoms with Gasteiger partial charge in [0.25, 0.3) is 10.0 Å². The van der Waals surface area contributed by atoms with Gasteiger partial charge in [0.05, 0.1) is 5.02 Å². The highest BCUT2D eigenvalue weighted by Gasteiger charge is 2.19. The standard InChI is InChI=1S/C17H17ClN2O4S/c1-11-3-4-12(2)15(7-11)16(21)5-6-17(22)20-25(23,24)14-8-13(18)9-19-10-14/h3-4,7-10H,5-6H2,1-2H3,(H,20,22). The highest BCUT2D eigenvalue weighted by Crippen LogP contribution is 2.15. The number of carbonyl (C=O) groups excluding carboxylic acids is 2. The molecule has 132 valence electrons. The third kappa shape index (κ3) is 5.11. The molecule has 1 heterocycles. The number of ketones is 1. The first-order valence-electron chi connectivity index (χ1n) is 7.46. The number of carbonyl (C=O) groups is 2. The Kier molecular flexibility index (Phi) is 5.92. The first-order chi connectivity index (χ1) is 11.7. The maximum atomic E-state index is 12.2. The number of sulfonamides is 1. The lowest BCUT2D eigenvalue weighted by Crippen LogP contribution is -2.30. The monoisotopic (exact) mass is 380 g/mol. The molecule has 0 unspecified atom stereocenters. The van der Waals surface area contributed by atoms with Crippen molar-refractivity contribution in [3.05, 3.63) is 58.4 Å². The molecule has 2 rings (SSSR count). The molecule has 2 aromatic rings. The molecule has 0 atom stereocenters.